The van der Waals surface area contributed by atoms with Gasteiger partial charge in [0.25, 0.3) is 0 Å². The molecule has 0 atom stereocenters. The van der Waals surface area contributed by atoms with Crippen molar-refractivity contribution in [1.82, 2.24) is 15.0 Å². The lowest BCUT2D eigenvalue weighted by atomic mass is 10.1. The summed E-state index contributed by atoms with van der Waals surface area (Å²) in [6.45, 7) is 12.3. The van der Waals surface area contributed by atoms with Crippen molar-refractivity contribution in [3.8, 4) is 27.6 Å². The number of thiazole rings is 1. The fourth-order valence-corrected chi connectivity index (χ4v) is 5.09. The molecule has 192 valence electrons. The number of aromatic carboxylic acids is 1. The standard InChI is InChI=1S/C23H22N4O3S2.2C2H6/c1-13(2)9-18-20(14-6-7-19(30-3)24-11-14)26-23(32-18)27-21-16(22(28)29)10-15(12-25-21)17-5-4-8-31-17;2*1-2/h4-8,10-13H,9H2,1-3H3,(H,28,29)(H,25,26,27);2*1-2H3. The Bertz CT molecular complexity index is 1220. The second-order valence-corrected chi connectivity index (χ2v) is 9.54. The lowest BCUT2D eigenvalue weighted by Gasteiger charge is -2.07. The van der Waals surface area contributed by atoms with Crippen molar-refractivity contribution in [2.45, 2.75) is 48.0 Å². The first-order valence-electron chi connectivity index (χ1n) is 12.0. The molecule has 4 heterocycles. The van der Waals surface area contributed by atoms with Crippen molar-refractivity contribution in [2.24, 2.45) is 5.92 Å². The number of methoxy groups -OCH3 is 1. The molecule has 4 rings (SSSR count). The van der Waals surface area contributed by atoms with E-state index in [-0.39, 0.29) is 11.4 Å². The predicted molar refractivity (Wildman–Crippen MR) is 151 cm³/mol. The Balaban J connectivity index is 0.00000109. The number of ether oxygens (including phenoxy) is 1. The van der Waals surface area contributed by atoms with E-state index >= 15 is 0 Å². The van der Waals surface area contributed by atoms with Crippen LogP contribution in [0.1, 0.15) is 56.8 Å². The van der Waals surface area contributed by atoms with E-state index in [1.165, 1.54) is 22.7 Å². The largest absolute Gasteiger partial charge is 0.481 e. The first-order chi connectivity index (χ1) is 17.4. The van der Waals surface area contributed by atoms with Gasteiger partial charge in [-0.25, -0.2) is 19.7 Å². The number of carboxylic acids is 1. The second-order valence-electron chi connectivity index (χ2n) is 7.51. The summed E-state index contributed by atoms with van der Waals surface area (Å²) in [6, 6.07) is 9.22. The van der Waals surface area contributed by atoms with Crippen LogP contribution in [0.25, 0.3) is 21.7 Å². The highest BCUT2D eigenvalue weighted by Gasteiger charge is 2.19. The van der Waals surface area contributed by atoms with Gasteiger partial charge in [0.1, 0.15) is 11.4 Å². The molecule has 0 saturated heterocycles. The molecule has 7 nitrogen and oxygen atoms in total. The van der Waals surface area contributed by atoms with Gasteiger partial charge < -0.3 is 15.2 Å². The third kappa shape index (κ3) is 7.35. The van der Waals surface area contributed by atoms with Crippen LogP contribution in [-0.2, 0) is 6.42 Å². The van der Waals surface area contributed by atoms with Gasteiger partial charge in [0.05, 0.1) is 12.8 Å². The molecule has 0 spiro atoms. The van der Waals surface area contributed by atoms with Gasteiger partial charge >= 0.3 is 5.97 Å². The van der Waals surface area contributed by atoms with E-state index in [0.717, 1.165) is 33.0 Å². The average Bonchev–Trinajstić information content (AvgIpc) is 3.57. The van der Waals surface area contributed by atoms with E-state index in [9.17, 15) is 9.90 Å². The Morgan fingerprint density at radius 3 is 2.36 bits per heavy atom. The van der Waals surface area contributed by atoms with Crippen molar-refractivity contribution < 1.29 is 14.6 Å². The minimum Gasteiger partial charge on any atom is -0.481 e. The third-order valence-corrected chi connectivity index (χ3v) is 6.57. The fourth-order valence-electron chi connectivity index (χ4n) is 3.19. The van der Waals surface area contributed by atoms with Gasteiger partial charge in [-0.2, -0.15) is 0 Å². The van der Waals surface area contributed by atoms with Gasteiger partial charge in [-0.1, -0.05) is 47.6 Å². The van der Waals surface area contributed by atoms with Crippen LogP contribution in [0.5, 0.6) is 5.88 Å². The van der Waals surface area contributed by atoms with Gasteiger partial charge in [0.15, 0.2) is 5.13 Å². The number of anilines is 2. The molecule has 0 fully saturated rings. The molecular weight excluding hydrogens is 492 g/mol. The summed E-state index contributed by atoms with van der Waals surface area (Å²) in [5.41, 5.74) is 2.58. The lowest BCUT2D eigenvalue weighted by molar-refractivity contribution is 0.0697. The van der Waals surface area contributed by atoms with Crippen LogP contribution in [0.4, 0.5) is 10.9 Å². The number of pyridine rings is 2. The van der Waals surface area contributed by atoms with Crippen LogP contribution in [0, 0.1) is 5.92 Å². The number of carbonyl (C=O) groups is 1. The monoisotopic (exact) mass is 526 g/mol. The van der Waals surface area contributed by atoms with E-state index in [2.05, 4.69) is 29.1 Å². The van der Waals surface area contributed by atoms with Crippen molar-refractivity contribution >= 4 is 39.6 Å². The molecule has 0 unspecified atom stereocenters. The van der Waals surface area contributed by atoms with Crippen molar-refractivity contribution in [3.05, 3.63) is 58.5 Å². The van der Waals surface area contributed by atoms with E-state index in [1.54, 1.807) is 31.6 Å². The Morgan fingerprint density at radius 1 is 1.08 bits per heavy atom. The predicted octanol–water partition coefficient (Wildman–Crippen LogP) is 8.03. The molecule has 0 saturated carbocycles. The van der Waals surface area contributed by atoms with Gasteiger partial charge in [-0.15, -0.1) is 22.7 Å². The topological polar surface area (TPSA) is 97.2 Å². The fraction of sp³-hybridized carbons (Fsp3) is 0.333. The first-order valence-corrected chi connectivity index (χ1v) is 13.7. The average molecular weight is 527 g/mol. The van der Waals surface area contributed by atoms with Gasteiger partial charge in [0, 0.05) is 39.3 Å². The third-order valence-electron chi connectivity index (χ3n) is 4.66. The molecule has 0 aliphatic carbocycles. The minimum atomic E-state index is -1.04. The number of nitrogens with one attached hydrogen (secondary N) is 1. The Labute approximate surface area is 221 Å². The second kappa shape index (κ2) is 14.3. The maximum absolute atomic E-state index is 11.9. The van der Waals surface area contributed by atoms with Crippen LogP contribution in [0.2, 0.25) is 0 Å². The van der Waals surface area contributed by atoms with Crippen LogP contribution >= 0.6 is 22.7 Å². The van der Waals surface area contributed by atoms with Crippen molar-refractivity contribution in [3.63, 3.8) is 0 Å². The lowest BCUT2D eigenvalue weighted by Crippen LogP contribution is -2.05. The highest BCUT2D eigenvalue weighted by molar-refractivity contribution is 7.16. The number of nitrogens with zero attached hydrogens (tertiary/aromatic N) is 3. The number of hydrogen-bond acceptors (Lipinski definition) is 8. The number of carboxylic acid groups (broad SMARTS) is 1. The zero-order valence-electron chi connectivity index (χ0n) is 21.8. The summed E-state index contributed by atoms with van der Waals surface area (Å²) in [5, 5.41) is 15.4. The molecule has 0 radical (unpaired) electrons. The Hall–Kier alpha value is -3.30. The smallest absolute Gasteiger partial charge is 0.339 e. The number of thiophene rings is 1. The van der Waals surface area contributed by atoms with Crippen molar-refractivity contribution in [1.29, 1.82) is 0 Å². The number of hydrogen-bond donors (Lipinski definition) is 2. The maximum Gasteiger partial charge on any atom is 0.339 e. The molecule has 9 heteroatoms. The van der Waals surface area contributed by atoms with Gasteiger partial charge in [-0.05, 0) is 35.9 Å². The molecule has 0 aliphatic heterocycles. The van der Waals surface area contributed by atoms with Crippen LogP contribution in [0.3, 0.4) is 0 Å². The summed E-state index contributed by atoms with van der Waals surface area (Å²) in [4.78, 5) is 27.4. The van der Waals surface area contributed by atoms with Crippen LogP contribution < -0.4 is 10.1 Å². The molecule has 0 bridgehead atoms. The van der Waals surface area contributed by atoms with Crippen molar-refractivity contribution in [2.75, 3.05) is 12.4 Å². The van der Waals surface area contributed by atoms with E-state index in [0.29, 0.717) is 16.9 Å². The molecule has 36 heavy (non-hydrogen) atoms. The summed E-state index contributed by atoms with van der Waals surface area (Å²) in [6.07, 6.45) is 4.26. The minimum absolute atomic E-state index is 0.101. The zero-order chi connectivity index (χ0) is 26.7. The quantitative estimate of drug-likeness (QED) is 0.240. The van der Waals surface area contributed by atoms with E-state index in [1.807, 2.05) is 51.3 Å². The number of aromatic nitrogens is 3. The van der Waals surface area contributed by atoms with Crippen LogP contribution in [0.15, 0.2) is 48.1 Å². The maximum atomic E-state index is 11.9. The molecule has 4 aromatic rings. The van der Waals surface area contributed by atoms with Gasteiger partial charge in [0.2, 0.25) is 5.88 Å². The van der Waals surface area contributed by atoms with E-state index in [4.69, 9.17) is 9.72 Å². The summed E-state index contributed by atoms with van der Waals surface area (Å²) in [5.74, 6) is 0.193. The molecule has 2 N–H and O–H groups in total. The highest BCUT2D eigenvalue weighted by atomic mass is 32.1. The highest BCUT2D eigenvalue weighted by Crippen LogP contribution is 2.35. The summed E-state index contributed by atoms with van der Waals surface area (Å²) >= 11 is 3.04. The zero-order valence-corrected chi connectivity index (χ0v) is 23.5. The normalized spacial score (nSPS) is 10.1. The SMILES string of the molecule is CC.CC.COc1ccc(-c2nc(Nc3ncc(-c4cccs4)cc3C(=O)O)sc2CC(C)C)cn1. The Morgan fingerprint density at radius 2 is 1.81 bits per heavy atom. The van der Waals surface area contributed by atoms with E-state index < -0.39 is 5.97 Å². The molecule has 4 aromatic heterocycles. The first kappa shape index (κ1) is 28.9. The summed E-state index contributed by atoms with van der Waals surface area (Å²) in [7, 11) is 1.58. The van der Waals surface area contributed by atoms with Gasteiger partial charge in [-0.3, -0.25) is 0 Å². The summed E-state index contributed by atoms with van der Waals surface area (Å²) < 4.78 is 5.15. The molecule has 0 aliphatic rings. The number of rotatable bonds is 8. The molecular formula is C27H34N4O3S2. The Kier molecular flexibility index (Phi) is 11.5. The van der Waals surface area contributed by atoms with Crippen LogP contribution in [-0.4, -0.2) is 33.1 Å². The molecule has 0 aromatic carbocycles. The molecule has 0 amide bonds.